The van der Waals surface area contributed by atoms with Crippen LogP contribution in [0.15, 0.2) is 41.1 Å². The lowest BCUT2D eigenvalue weighted by Gasteiger charge is -2.12. The highest BCUT2D eigenvalue weighted by atomic mass is 32.1. The Hall–Kier alpha value is -1.82. The van der Waals surface area contributed by atoms with Crippen LogP contribution in [0.25, 0.3) is 0 Å². The molecular formula is C13H10F3NOS. The largest absolute Gasteiger partial charge is 0.417 e. The monoisotopic (exact) mass is 285 g/mol. The van der Waals surface area contributed by atoms with Gasteiger partial charge in [-0.1, -0.05) is 12.1 Å². The summed E-state index contributed by atoms with van der Waals surface area (Å²) >= 11 is 1.46. The third kappa shape index (κ3) is 3.35. The summed E-state index contributed by atoms with van der Waals surface area (Å²) in [5, 5.41) is 6.15. The highest BCUT2D eigenvalue weighted by Crippen LogP contribution is 2.31. The van der Waals surface area contributed by atoms with Crippen LogP contribution >= 0.6 is 11.3 Å². The van der Waals surface area contributed by atoms with Crippen molar-refractivity contribution in [2.45, 2.75) is 12.7 Å². The third-order valence-corrected chi connectivity index (χ3v) is 3.24. The summed E-state index contributed by atoms with van der Waals surface area (Å²) < 4.78 is 38.2. The highest BCUT2D eigenvalue weighted by Gasteiger charge is 2.34. The van der Waals surface area contributed by atoms with E-state index in [0.717, 1.165) is 11.6 Å². The van der Waals surface area contributed by atoms with E-state index >= 15 is 0 Å². The summed E-state index contributed by atoms with van der Waals surface area (Å²) in [7, 11) is 0. The maximum absolute atomic E-state index is 12.7. The lowest BCUT2D eigenvalue weighted by molar-refractivity contribution is -0.137. The van der Waals surface area contributed by atoms with Gasteiger partial charge in [-0.25, -0.2) is 0 Å². The van der Waals surface area contributed by atoms with E-state index in [1.165, 1.54) is 29.5 Å². The van der Waals surface area contributed by atoms with Crippen molar-refractivity contribution >= 4 is 17.2 Å². The molecule has 0 radical (unpaired) electrons. The SMILES string of the molecule is O=C(NCc1ccsc1)c1ccccc1C(F)(F)F. The molecule has 0 spiro atoms. The van der Waals surface area contributed by atoms with Crippen molar-refractivity contribution in [2.75, 3.05) is 0 Å². The van der Waals surface area contributed by atoms with Crippen molar-refractivity contribution in [3.8, 4) is 0 Å². The standard InChI is InChI=1S/C13H10F3NOS/c14-13(15,16)11-4-2-1-3-10(11)12(18)17-7-9-5-6-19-8-9/h1-6,8H,7H2,(H,17,18). The van der Waals surface area contributed by atoms with Gasteiger partial charge in [0.2, 0.25) is 0 Å². The highest BCUT2D eigenvalue weighted by molar-refractivity contribution is 7.07. The van der Waals surface area contributed by atoms with Gasteiger partial charge in [0.1, 0.15) is 0 Å². The molecule has 0 bridgehead atoms. The Labute approximate surface area is 111 Å². The number of hydrogen-bond acceptors (Lipinski definition) is 2. The van der Waals surface area contributed by atoms with Crippen molar-refractivity contribution < 1.29 is 18.0 Å². The lowest BCUT2D eigenvalue weighted by atomic mass is 10.1. The molecule has 1 aromatic carbocycles. The van der Waals surface area contributed by atoms with Crippen LogP contribution in [0, 0.1) is 0 Å². The lowest BCUT2D eigenvalue weighted by Crippen LogP contribution is -2.25. The summed E-state index contributed by atoms with van der Waals surface area (Å²) in [5.74, 6) is -0.723. The third-order valence-electron chi connectivity index (χ3n) is 2.51. The van der Waals surface area contributed by atoms with E-state index in [9.17, 15) is 18.0 Å². The zero-order valence-electron chi connectivity index (χ0n) is 9.70. The number of alkyl halides is 3. The molecule has 1 amide bonds. The van der Waals surface area contributed by atoms with Crippen molar-refractivity contribution in [2.24, 2.45) is 0 Å². The number of hydrogen-bond donors (Lipinski definition) is 1. The molecule has 19 heavy (non-hydrogen) atoms. The minimum atomic E-state index is -4.53. The molecule has 1 heterocycles. The molecule has 0 fully saturated rings. The second kappa shape index (κ2) is 5.44. The Kier molecular flexibility index (Phi) is 3.90. The van der Waals surface area contributed by atoms with Crippen molar-refractivity contribution in [1.82, 2.24) is 5.32 Å². The van der Waals surface area contributed by atoms with Crippen LogP contribution in [-0.2, 0) is 12.7 Å². The number of halogens is 3. The number of benzene rings is 1. The minimum absolute atomic E-state index is 0.217. The van der Waals surface area contributed by atoms with Gasteiger partial charge < -0.3 is 5.32 Å². The molecule has 0 saturated heterocycles. The van der Waals surface area contributed by atoms with Crippen molar-refractivity contribution in [1.29, 1.82) is 0 Å². The number of carbonyl (C=O) groups excluding carboxylic acids is 1. The first-order chi connectivity index (χ1) is 8.98. The molecule has 0 aliphatic carbocycles. The molecule has 0 saturated carbocycles. The molecule has 6 heteroatoms. The molecule has 0 atom stereocenters. The van der Waals surface area contributed by atoms with Gasteiger partial charge in [-0.05, 0) is 34.5 Å². The van der Waals surface area contributed by atoms with Crippen LogP contribution in [0.5, 0.6) is 0 Å². The molecule has 2 nitrogen and oxygen atoms in total. The topological polar surface area (TPSA) is 29.1 Å². The number of amides is 1. The summed E-state index contributed by atoms with van der Waals surface area (Å²) in [4.78, 5) is 11.8. The van der Waals surface area contributed by atoms with Crippen LogP contribution < -0.4 is 5.32 Å². The summed E-state index contributed by atoms with van der Waals surface area (Å²) in [6.45, 7) is 0.217. The fourth-order valence-corrected chi connectivity index (χ4v) is 2.27. The molecule has 2 aromatic rings. The van der Waals surface area contributed by atoms with E-state index in [-0.39, 0.29) is 12.1 Å². The molecule has 0 aliphatic rings. The average Bonchev–Trinajstić information content (AvgIpc) is 2.88. The maximum atomic E-state index is 12.7. The van der Waals surface area contributed by atoms with Crippen LogP contribution in [0.1, 0.15) is 21.5 Å². The number of rotatable bonds is 3. The molecule has 0 unspecified atom stereocenters. The van der Waals surface area contributed by atoms with Crippen molar-refractivity contribution in [3.63, 3.8) is 0 Å². The molecule has 1 aromatic heterocycles. The van der Waals surface area contributed by atoms with E-state index in [1.54, 1.807) is 6.07 Å². The van der Waals surface area contributed by atoms with Gasteiger partial charge in [0.05, 0.1) is 11.1 Å². The van der Waals surface area contributed by atoms with Gasteiger partial charge in [0.15, 0.2) is 0 Å². The van der Waals surface area contributed by atoms with E-state index in [4.69, 9.17) is 0 Å². The van der Waals surface area contributed by atoms with Gasteiger partial charge in [-0.3, -0.25) is 4.79 Å². The average molecular weight is 285 g/mol. The van der Waals surface area contributed by atoms with Crippen LogP contribution in [0.2, 0.25) is 0 Å². The van der Waals surface area contributed by atoms with Crippen LogP contribution in [0.4, 0.5) is 13.2 Å². The Morgan fingerprint density at radius 2 is 1.95 bits per heavy atom. The van der Waals surface area contributed by atoms with Crippen molar-refractivity contribution in [3.05, 3.63) is 57.8 Å². The zero-order valence-corrected chi connectivity index (χ0v) is 10.5. The minimum Gasteiger partial charge on any atom is -0.348 e. The normalized spacial score (nSPS) is 11.3. The summed E-state index contributed by atoms with van der Waals surface area (Å²) in [6, 6.07) is 6.55. The molecule has 1 N–H and O–H groups in total. The van der Waals surface area contributed by atoms with E-state index in [0.29, 0.717) is 0 Å². The van der Waals surface area contributed by atoms with E-state index < -0.39 is 17.6 Å². The second-order valence-corrected chi connectivity index (χ2v) is 4.64. The van der Waals surface area contributed by atoms with Crippen LogP contribution in [-0.4, -0.2) is 5.91 Å². The molecule has 0 aliphatic heterocycles. The van der Waals surface area contributed by atoms with Gasteiger partial charge in [-0.15, -0.1) is 0 Å². The first-order valence-corrected chi connectivity index (χ1v) is 6.38. The first kappa shape index (κ1) is 13.6. The smallest absolute Gasteiger partial charge is 0.348 e. The van der Waals surface area contributed by atoms with Gasteiger partial charge >= 0.3 is 6.18 Å². The summed E-state index contributed by atoms with van der Waals surface area (Å²) in [6.07, 6.45) is -4.53. The van der Waals surface area contributed by atoms with Crippen LogP contribution in [0.3, 0.4) is 0 Å². The van der Waals surface area contributed by atoms with Gasteiger partial charge in [-0.2, -0.15) is 24.5 Å². The predicted octanol–water partition coefficient (Wildman–Crippen LogP) is 3.70. The zero-order chi connectivity index (χ0) is 13.9. The molecule has 2 rings (SSSR count). The van der Waals surface area contributed by atoms with Gasteiger partial charge in [0.25, 0.3) is 5.91 Å². The fraction of sp³-hybridized carbons (Fsp3) is 0.154. The maximum Gasteiger partial charge on any atom is 0.417 e. The van der Waals surface area contributed by atoms with Gasteiger partial charge in [0, 0.05) is 6.54 Å². The Morgan fingerprint density at radius 1 is 1.21 bits per heavy atom. The Morgan fingerprint density at radius 3 is 2.58 bits per heavy atom. The van der Waals surface area contributed by atoms with E-state index in [1.807, 2.05) is 10.8 Å². The Balaban J connectivity index is 2.15. The quantitative estimate of drug-likeness (QED) is 0.915. The number of thiophene rings is 1. The number of carbonyl (C=O) groups is 1. The fourth-order valence-electron chi connectivity index (χ4n) is 1.60. The predicted molar refractivity (Wildman–Crippen MR) is 66.9 cm³/mol. The second-order valence-electron chi connectivity index (χ2n) is 3.86. The van der Waals surface area contributed by atoms with E-state index in [2.05, 4.69) is 5.32 Å². The Bertz CT molecular complexity index is 564. The first-order valence-electron chi connectivity index (χ1n) is 5.44. The molecule has 100 valence electrons. The number of nitrogens with one attached hydrogen (secondary N) is 1. The summed E-state index contributed by atoms with van der Waals surface area (Å²) in [5.41, 5.74) is -0.411. The molecular weight excluding hydrogens is 275 g/mol.